The van der Waals surface area contributed by atoms with E-state index in [1.54, 1.807) is 0 Å². The van der Waals surface area contributed by atoms with Crippen molar-refractivity contribution in [3.05, 3.63) is 0 Å². The molecule has 0 aromatic carbocycles. The highest BCUT2D eigenvalue weighted by molar-refractivity contribution is 8.00. The largest absolute Gasteiger partial charge is 0.344 e. The van der Waals surface area contributed by atoms with Gasteiger partial charge in [0, 0.05) is 11.0 Å². The Balaban J connectivity index is 2.06. The maximum Gasteiger partial charge on any atom is 0.163 e. The molecule has 0 aromatic heterocycles. The maximum atomic E-state index is 5.83. The van der Waals surface area contributed by atoms with Crippen LogP contribution in [0.5, 0.6) is 0 Å². The highest BCUT2D eigenvalue weighted by atomic mass is 32.2. The second kappa shape index (κ2) is 2.89. The third-order valence-electron chi connectivity index (χ3n) is 2.46. The molecule has 3 heteroatoms. The monoisotopic (exact) mass is 188 g/mol. The van der Waals surface area contributed by atoms with E-state index >= 15 is 0 Å². The summed E-state index contributed by atoms with van der Waals surface area (Å²) in [7, 11) is 0. The van der Waals surface area contributed by atoms with Gasteiger partial charge in [-0.1, -0.05) is 6.92 Å². The second-order valence-corrected chi connectivity index (χ2v) is 5.19. The van der Waals surface area contributed by atoms with Crippen LogP contribution in [-0.2, 0) is 9.47 Å². The van der Waals surface area contributed by atoms with Crippen LogP contribution in [0.2, 0.25) is 0 Å². The molecule has 2 fully saturated rings. The van der Waals surface area contributed by atoms with Gasteiger partial charge in [0.25, 0.3) is 0 Å². The summed E-state index contributed by atoms with van der Waals surface area (Å²) >= 11 is 1.99. The van der Waals surface area contributed by atoms with Crippen molar-refractivity contribution >= 4 is 11.8 Å². The average Bonchev–Trinajstić information content (AvgIpc) is 2.42. The third-order valence-corrected chi connectivity index (χ3v) is 4.02. The van der Waals surface area contributed by atoms with E-state index in [9.17, 15) is 0 Å². The molecular formula is C9H16O2S. The molecule has 0 spiro atoms. The molecule has 2 heterocycles. The number of hydrogen-bond donors (Lipinski definition) is 0. The first-order valence-electron chi connectivity index (χ1n) is 4.59. The molecule has 0 unspecified atom stereocenters. The van der Waals surface area contributed by atoms with Crippen LogP contribution in [0, 0.1) is 0 Å². The molecule has 0 aliphatic carbocycles. The zero-order chi connectivity index (χ0) is 8.77. The van der Waals surface area contributed by atoms with Crippen LogP contribution >= 0.6 is 11.8 Å². The van der Waals surface area contributed by atoms with Gasteiger partial charge in [0.2, 0.25) is 0 Å². The second-order valence-electron chi connectivity index (χ2n) is 3.92. The Morgan fingerprint density at radius 3 is 2.83 bits per heavy atom. The Kier molecular flexibility index (Phi) is 2.13. The molecule has 0 saturated carbocycles. The highest BCUT2D eigenvalue weighted by Gasteiger charge is 2.48. The SMILES string of the molecule is CC[C@H]1SC[C@@H]2OC(C)(C)O[C@@H]21. The molecule has 2 rings (SSSR count). The summed E-state index contributed by atoms with van der Waals surface area (Å²) in [4.78, 5) is 0. The fourth-order valence-corrected chi connectivity index (χ4v) is 3.32. The van der Waals surface area contributed by atoms with E-state index in [4.69, 9.17) is 9.47 Å². The lowest BCUT2D eigenvalue weighted by atomic mass is 10.1. The molecule has 0 aromatic rings. The van der Waals surface area contributed by atoms with E-state index in [2.05, 4.69) is 6.92 Å². The van der Waals surface area contributed by atoms with Gasteiger partial charge in [-0.05, 0) is 20.3 Å². The average molecular weight is 188 g/mol. The van der Waals surface area contributed by atoms with Crippen LogP contribution in [0.1, 0.15) is 27.2 Å². The Morgan fingerprint density at radius 1 is 1.42 bits per heavy atom. The van der Waals surface area contributed by atoms with E-state index < -0.39 is 0 Å². The van der Waals surface area contributed by atoms with E-state index in [0.29, 0.717) is 17.5 Å². The fraction of sp³-hybridized carbons (Fsp3) is 1.00. The van der Waals surface area contributed by atoms with Crippen molar-refractivity contribution in [2.45, 2.75) is 50.4 Å². The molecule has 0 radical (unpaired) electrons. The van der Waals surface area contributed by atoms with E-state index in [1.807, 2.05) is 25.6 Å². The van der Waals surface area contributed by atoms with Crippen LogP contribution in [0.15, 0.2) is 0 Å². The van der Waals surface area contributed by atoms with Crippen LogP contribution in [0.25, 0.3) is 0 Å². The predicted octanol–water partition coefficient (Wildman–Crippen LogP) is 2.03. The topological polar surface area (TPSA) is 18.5 Å². The lowest BCUT2D eigenvalue weighted by Crippen LogP contribution is -2.27. The minimum Gasteiger partial charge on any atom is -0.344 e. The molecule has 0 amide bonds. The summed E-state index contributed by atoms with van der Waals surface area (Å²) in [6.45, 7) is 6.22. The van der Waals surface area contributed by atoms with Crippen LogP contribution in [-0.4, -0.2) is 29.0 Å². The first-order chi connectivity index (χ1) is 5.62. The summed E-state index contributed by atoms with van der Waals surface area (Å²) in [5.41, 5.74) is 0. The van der Waals surface area contributed by atoms with Crippen molar-refractivity contribution in [1.29, 1.82) is 0 Å². The van der Waals surface area contributed by atoms with E-state index in [0.717, 1.165) is 5.75 Å². The van der Waals surface area contributed by atoms with Crippen molar-refractivity contribution in [2.75, 3.05) is 5.75 Å². The maximum absolute atomic E-state index is 5.83. The summed E-state index contributed by atoms with van der Waals surface area (Å²) in [5, 5.41) is 0.650. The van der Waals surface area contributed by atoms with Gasteiger partial charge >= 0.3 is 0 Å². The zero-order valence-electron chi connectivity index (χ0n) is 7.87. The number of fused-ring (bicyclic) bond motifs is 1. The molecule has 2 aliphatic rings. The fourth-order valence-electron chi connectivity index (χ4n) is 1.97. The standard InChI is InChI=1S/C9H16O2S/c1-4-7-8-6(5-12-7)10-9(2,3)11-8/h6-8H,4-5H2,1-3H3/t6-,7+,8-/m0/s1. The summed E-state index contributed by atoms with van der Waals surface area (Å²) in [6.07, 6.45) is 1.87. The van der Waals surface area contributed by atoms with Crippen LogP contribution in [0.3, 0.4) is 0 Å². The molecular weight excluding hydrogens is 172 g/mol. The molecule has 70 valence electrons. The van der Waals surface area contributed by atoms with Crippen LogP contribution < -0.4 is 0 Å². The molecule has 12 heavy (non-hydrogen) atoms. The summed E-state index contributed by atoms with van der Waals surface area (Å²) in [6, 6.07) is 0. The summed E-state index contributed by atoms with van der Waals surface area (Å²) < 4.78 is 11.6. The molecule has 2 nitrogen and oxygen atoms in total. The first-order valence-corrected chi connectivity index (χ1v) is 5.64. The van der Waals surface area contributed by atoms with Gasteiger partial charge in [-0.2, -0.15) is 11.8 Å². The lowest BCUT2D eigenvalue weighted by molar-refractivity contribution is -0.145. The predicted molar refractivity (Wildman–Crippen MR) is 50.4 cm³/mol. The van der Waals surface area contributed by atoms with Crippen LogP contribution in [0.4, 0.5) is 0 Å². The molecule has 0 bridgehead atoms. The number of rotatable bonds is 1. The van der Waals surface area contributed by atoms with E-state index in [1.165, 1.54) is 6.42 Å². The Labute approximate surface area is 78.0 Å². The van der Waals surface area contributed by atoms with Crippen molar-refractivity contribution in [3.8, 4) is 0 Å². The molecule has 3 atom stereocenters. The normalized spacial score (nSPS) is 44.8. The molecule has 2 saturated heterocycles. The molecule has 0 N–H and O–H groups in total. The van der Waals surface area contributed by atoms with Gasteiger partial charge in [-0.25, -0.2) is 0 Å². The van der Waals surface area contributed by atoms with Crippen molar-refractivity contribution < 1.29 is 9.47 Å². The first kappa shape index (κ1) is 8.85. The van der Waals surface area contributed by atoms with Gasteiger partial charge in [0.15, 0.2) is 5.79 Å². The van der Waals surface area contributed by atoms with Gasteiger partial charge in [0.1, 0.15) is 0 Å². The molecule has 2 aliphatic heterocycles. The minimum atomic E-state index is -0.344. The Hall–Kier alpha value is 0.270. The Morgan fingerprint density at radius 2 is 2.17 bits per heavy atom. The van der Waals surface area contributed by atoms with Crippen molar-refractivity contribution in [3.63, 3.8) is 0 Å². The quantitative estimate of drug-likeness (QED) is 0.627. The summed E-state index contributed by atoms with van der Waals surface area (Å²) in [5.74, 6) is 0.760. The number of thioether (sulfide) groups is 1. The van der Waals surface area contributed by atoms with Gasteiger partial charge in [0.05, 0.1) is 12.2 Å². The van der Waals surface area contributed by atoms with E-state index in [-0.39, 0.29) is 5.79 Å². The minimum absolute atomic E-state index is 0.343. The smallest absolute Gasteiger partial charge is 0.163 e. The van der Waals surface area contributed by atoms with Gasteiger partial charge in [-0.3, -0.25) is 0 Å². The Bertz CT molecular complexity index is 181. The lowest BCUT2D eigenvalue weighted by Gasteiger charge is -2.20. The van der Waals surface area contributed by atoms with Crippen molar-refractivity contribution in [2.24, 2.45) is 0 Å². The van der Waals surface area contributed by atoms with Gasteiger partial charge < -0.3 is 9.47 Å². The third kappa shape index (κ3) is 1.38. The number of ether oxygens (including phenoxy) is 2. The van der Waals surface area contributed by atoms with Gasteiger partial charge in [-0.15, -0.1) is 0 Å². The zero-order valence-corrected chi connectivity index (χ0v) is 8.69. The number of hydrogen-bond acceptors (Lipinski definition) is 3. The van der Waals surface area contributed by atoms with Crippen molar-refractivity contribution in [1.82, 2.24) is 0 Å². The highest BCUT2D eigenvalue weighted by Crippen LogP contribution is 2.42.